The SMILES string of the molecule is CCN(C(C)=O)c1nc(/C=C2\N=C(c3ccc(OC(C)C)cc3)OC2=O)cs1. The fourth-order valence-electron chi connectivity index (χ4n) is 2.58. The highest BCUT2D eigenvalue weighted by Crippen LogP contribution is 2.25. The van der Waals surface area contributed by atoms with E-state index in [-0.39, 0.29) is 23.6 Å². The first-order valence-corrected chi connectivity index (χ1v) is 9.78. The molecule has 8 heteroatoms. The maximum Gasteiger partial charge on any atom is 0.363 e. The van der Waals surface area contributed by atoms with E-state index in [9.17, 15) is 9.59 Å². The number of anilines is 1. The Kier molecular flexibility index (Phi) is 5.89. The molecule has 0 unspecified atom stereocenters. The monoisotopic (exact) mass is 399 g/mol. The number of ether oxygens (including phenoxy) is 2. The summed E-state index contributed by atoms with van der Waals surface area (Å²) >= 11 is 1.33. The molecule has 0 atom stereocenters. The fourth-order valence-corrected chi connectivity index (χ4v) is 3.47. The van der Waals surface area contributed by atoms with Gasteiger partial charge in [-0.15, -0.1) is 11.3 Å². The van der Waals surface area contributed by atoms with Crippen LogP contribution in [0.15, 0.2) is 40.3 Å². The molecule has 1 aliphatic heterocycles. The molecule has 1 amide bonds. The minimum atomic E-state index is -0.536. The Bertz CT molecular complexity index is 945. The van der Waals surface area contributed by atoms with Gasteiger partial charge in [0.1, 0.15) is 5.75 Å². The van der Waals surface area contributed by atoms with Crippen molar-refractivity contribution < 1.29 is 19.1 Å². The van der Waals surface area contributed by atoms with Crippen molar-refractivity contribution in [3.8, 4) is 5.75 Å². The Balaban J connectivity index is 1.80. The highest BCUT2D eigenvalue weighted by molar-refractivity contribution is 7.14. The molecule has 2 aromatic rings. The van der Waals surface area contributed by atoms with E-state index in [1.807, 2.05) is 20.8 Å². The lowest BCUT2D eigenvalue weighted by atomic mass is 10.2. The van der Waals surface area contributed by atoms with Crippen LogP contribution in [0.1, 0.15) is 39.0 Å². The average molecular weight is 399 g/mol. The summed E-state index contributed by atoms with van der Waals surface area (Å²) < 4.78 is 10.9. The van der Waals surface area contributed by atoms with Crippen molar-refractivity contribution >= 4 is 40.3 Å². The molecule has 0 N–H and O–H groups in total. The van der Waals surface area contributed by atoms with Crippen LogP contribution < -0.4 is 9.64 Å². The number of amides is 1. The van der Waals surface area contributed by atoms with Crippen molar-refractivity contribution in [1.82, 2.24) is 4.98 Å². The third-order valence-corrected chi connectivity index (χ3v) is 4.70. The summed E-state index contributed by atoms with van der Waals surface area (Å²) in [6, 6.07) is 7.20. The third-order valence-electron chi connectivity index (χ3n) is 3.82. The van der Waals surface area contributed by atoms with E-state index >= 15 is 0 Å². The number of carbonyl (C=O) groups is 2. The van der Waals surface area contributed by atoms with E-state index in [1.54, 1.807) is 40.6 Å². The van der Waals surface area contributed by atoms with Gasteiger partial charge in [0.05, 0.1) is 11.8 Å². The van der Waals surface area contributed by atoms with Crippen molar-refractivity contribution in [1.29, 1.82) is 0 Å². The number of aliphatic imine (C=N–C) groups is 1. The van der Waals surface area contributed by atoms with Gasteiger partial charge in [-0.1, -0.05) is 0 Å². The molecule has 0 bridgehead atoms. The largest absolute Gasteiger partial charge is 0.491 e. The summed E-state index contributed by atoms with van der Waals surface area (Å²) in [6.45, 7) is 7.80. The summed E-state index contributed by atoms with van der Waals surface area (Å²) in [5, 5.41) is 2.35. The molecular formula is C20H21N3O4S. The number of cyclic esters (lactones) is 1. The molecule has 0 spiro atoms. The van der Waals surface area contributed by atoms with Gasteiger partial charge in [0.25, 0.3) is 0 Å². The van der Waals surface area contributed by atoms with Gasteiger partial charge in [-0.3, -0.25) is 9.69 Å². The number of carbonyl (C=O) groups excluding carboxylic acids is 2. The summed E-state index contributed by atoms with van der Waals surface area (Å²) in [5.74, 6) is 0.356. The van der Waals surface area contributed by atoms with Crippen LogP contribution in [0.3, 0.4) is 0 Å². The zero-order valence-electron chi connectivity index (χ0n) is 16.1. The first kappa shape index (κ1) is 19.8. The van der Waals surface area contributed by atoms with E-state index in [4.69, 9.17) is 9.47 Å². The quantitative estimate of drug-likeness (QED) is 0.547. The van der Waals surface area contributed by atoms with Gasteiger partial charge in [-0.25, -0.2) is 14.8 Å². The number of hydrogen-bond acceptors (Lipinski definition) is 7. The van der Waals surface area contributed by atoms with Crippen LogP contribution in [0.4, 0.5) is 5.13 Å². The summed E-state index contributed by atoms with van der Waals surface area (Å²) in [7, 11) is 0. The van der Waals surface area contributed by atoms with E-state index in [1.165, 1.54) is 18.3 Å². The first-order valence-electron chi connectivity index (χ1n) is 8.90. The van der Waals surface area contributed by atoms with Crippen LogP contribution in [-0.2, 0) is 14.3 Å². The molecule has 0 radical (unpaired) electrons. The van der Waals surface area contributed by atoms with Crippen molar-refractivity contribution in [2.45, 2.75) is 33.8 Å². The highest BCUT2D eigenvalue weighted by Gasteiger charge is 2.25. The Morgan fingerprint density at radius 1 is 1.32 bits per heavy atom. The molecule has 3 rings (SSSR count). The Morgan fingerprint density at radius 2 is 2.04 bits per heavy atom. The summed E-state index contributed by atoms with van der Waals surface area (Å²) in [5.41, 5.74) is 1.40. The molecule has 7 nitrogen and oxygen atoms in total. The van der Waals surface area contributed by atoms with E-state index in [0.717, 1.165) is 5.75 Å². The summed E-state index contributed by atoms with van der Waals surface area (Å²) in [6.07, 6.45) is 1.64. The molecule has 1 aromatic carbocycles. The molecule has 0 saturated heterocycles. The lowest BCUT2D eigenvalue weighted by molar-refractivity contribution is -0.130. The Hall–Kier alpha value is -3.00. The predicted molar refractivity (Wildman–Crippen MR) is 109 cm³/mol. The predicted octanol–water partition coefficient (Wildman–Crippen LogP) is 3.65. The second-order valence-corrected chi connectivity index (χ2v) is 7.18. The normalized spacial score (nSPS) is 15.0. The number of esters is 1. The van der Waals surface area contributed by atoms with Crippen LogP contribution >= 0.6 is 11.3 Å². The highest BCUT2D eigenvalue weighted by atomic mass is 32.1. The standard InChI is InChI=1S/C20H21N3O4S/c1-5-23(13(4)24)20-21-15(11-28-20)10-17-19(25)27-18(22-17)14-6-8-16(9-7-14)26-12(2)3/h6-12H,5H2,1-4H3/b17-10-. The van der Waals surface area contributed by atoms with Gasteiger partial charge in [-0.05, 0) is 51.1 Å². The molecule has 28 heavy (non-hydrogen) atoms. The Morgan fingerprint density at radius 3 is 2.64 bits per heavy atom. The van der Waals surface area contributed by atoms with Gasteiger partial charge in [0.15, 0.2) is 10.8 Å². The minimum absolute atomic E-state index is 0.0803. The van der Waals surface area contributed by atoms with Gasteiger partial charge in [0.2, 0.25) is 11.8 Å². The number of thiazole rings is 1. The van der Waals surface area contributed by atoms with Gasteiger partial charge in [-0.2, -0.15) is 0 Å². The molecule has 1 aliphatic rings. The van der Waals surface area contributed by atoms with Crippen molar-refractivity contribution in [2.24, 2.45) is 4.99 Å². The lowest BCUT2D eigenvalue weighted by Crippen LogP contribution is -2.27. The van der Waals surface area contributed by atoms with Crippen molar-refractivity contribution in [3.63, 3.8) is 0 Å². The van der Waals surface area contributed by atoms with Gasteiger partial charge >= 0.3 is 5.97 Å². The van der Waals surface area contributed by atoms with E-state index in [0.29, 0.717) is 22.9 Å². The molecule has 2 heterocycles. The van der Waals surface area contributed by atoms with Gasteiger partial charge < -0.3 is 9.47 Å². The molecular weight excluding hydrogens is 378 g/mol. The van der Waals surface area contributed by atoms with Crippen LogP contribution in [-0.4, -0.2) is 35.4 Å². The van der Waals surface area contributed by atoms with E-state index in [2.05, 4.69) is 9.98 Å². The molecule has 146 valence electrons. The van der Waals surface area contributed by atoms with Crippen LogP contribution in [0.2, 0.25) is 0 Å². The number of rotatable bonds is 6. The zero-order chi connectivity index (χ0) is 20.3. The number of nitrogens with zero attached hydrogens (tertiary/aromatic N) is 3. The van der Waals surface area contributed by atoms with Crippen molar-refractivity contribution in [2.75, 3.05) is 11.4 Å². The van der Waals surface area contributed by atoms with Crippen molar-refractivity contribution in [3.05, 3.63) is 46.6 Å². The van der Waals surface area contributed by atoms with Crippen LogP contribution in [0.5, 0.6) is 5.75 Å². The zero-order valence-corrected chi connectivity index (χ0v) is 16.9. The maximum absolute atomic E-state index is 12.2. The molecule has 0 aliphatic carbocycles. The van der Waals surface area contributed by atoms with E-state index < -0.39 is 5.97 Å². The third kappa shape index (κ3) is 4.45. The second kappa shape index (κ2) is 8.35. The molecule has 0 fully saturated rings. The number of aromatic nitrogens is 1. The topological polar surface area (TPSA) is 81.1 Å². The molecule has 0 saturated carbocycles. The second-order valence-electron chi connectivity index (χ2n) is 6.35. The maximum atomic E-state index is 12.2. The number of benzene rings is 1. The van der Waals surface area contributed by atoms with Gasteiger partial charge in [0, 0.05) is 24.4 Å². The van der Waals surface area contributed by atoms with Crippen LogP contribution in [0, 0.1) is 0 Å². The fraction of sp³-hybridized carbons (Fsp3) is 0.300. The lowest BCUT2D eigenvalue weighted by Gasteiger charge is -2.14. The smallest absolute Gasteiger partial charge is 0.363 e. The van der Waals surface area contributed by atoms with Crippen LogP contribution in [0.25, 0.3) is 6.08 Å². The molecule has 1 aromatic heterocycles. The summed E-state index contributed by atoms with van der Waals surface area (Å²) in [4.78, 5) is 34.0. The first-order chi connectivity index (χ1) is 13.4. The average Bonchev–Trinajstić information content (AvgIpc) is 3.23. The minimum Gasteiger partial charge on any atom is -0.491 e. The Labute approximate surface area is 167 Å². The number of hydrogen-bond donors (Lipinski definition) is 0.